The van der Waals surface area contributed by atoms with Crippen LogP contribution in [0.5, 0.6) is 0 Å². The van der Waals surface area contributed by atoms with Gasteiger partial charge in [0, 0.05) is 12.5 Å². The van der Waals surface area contributed by atoms with E-state index in [9.17, 15) is 4.79 Å². The Hall–Kier alpha value is -0.570. The lowest BCUT2D eigenvalue weighted by Crippen LogP contribution is -2.22. The van der Waals surface area contributed by atoms with Crippen molar-refractivity contribution in [3.8, 4) is 0 Å². The predicted octanol–water partition coefficient (Wildman–Crippen LogP) is 0.547. The molecule has 0 heterocycles. The Kier molecular flexibility index (Phi) is 4.94. The van der Waals surface area contributed by atoms with Crippen molar-refractivity contribution in [1.82, 2.24) is 5.32 Å². The van der Waals surface area contributed by atoms with Crippen LogP contribution in [0, 0.1) is 0 Å². The fourth-order valence-corrected chi connectivity index (χ4v) is 0.581. The summed E-state index contributed by atoms with van der Waals surface area (Å²) in [6, 6.07) is 0.388. The molecular weight excluding hydrogens is 130 g/mol. The number of hydrogen-bond donors (Lipinski definition) is 1. The highest BCUT2D eigenvalue weighted by molar-refractivity contribution is 5.69. The number of esters is 1. The topological polar surface area (TPSA) is 38.3 Å². The molecule has 0 aliphatic rings. The van der Waals surface area contributed by atoms with Crippen LogP contribution < -0.4 is 5.32 Å². The number of methoxy groups -OCH3 is 1. The Balaban J connectivity index is 3.26. The second kappa shape index (κ2) is 5.23. The van der Waals surface area contributed by atoms with Crippen molar-refractivity contribution in [2.45, 2.75) is 25.8 Å². The molecule has 0 rings (SSSR count). The molecule has 1 atom stereocenters. The first-order valence-corrected chi connectivity index (χ1v) is 3.44. The van der Waals surface area contributed by atoms with Gasteiger partial charge >= 0.3 is 5.97 Å². The van der Waals surface area contributed by atoms with E-state index in [0.717, 1.165) is 6.42 Å². The second-order valence-corrected chi connectivity index (χ2v) is 2.30. The summed E-state index contributed by atoms with van der Waals surface area (Å²) < 4.78 is 4.48. The molecule has 0 saturated carbocycles. The van der Waals surface area contributed by atoms with E-state index >= 15 is 0 Å². The van der Waals surface area contributed by atoms with E-state index in [4.69, 9.17) is 0 Å². The van der Waals surface area contributed by atoms with Crippen LogP contribution in [0.3, 0.4) is 0 Å². The maximum atomic E-state index is 10.6. The Labute approximate surface area is 61.8 Å². The fraction of sp³-hybridized carbons (Fsp3) is 0.857. The first-order valence-electron chi connectivity index (χ1n) is 3.44. The van der Waals surface area contributed by atoms with E-state index in [1.54, 1.807) is 0 Å². The van der Waals surface area contributed by atoms with Gasteiger partial charge in [0.2, 0.25) is 0 Å². The summed E-state index contributed by atoms with van der Waals surface area (Å²) >= 11 is 0. The van der Waals surface area contributed by atoms with Crippen LogP contribution in [0.15, 0.2) is 0 Å². The van der Waals surface area contributed by atoms with Gasteiger partial charge in [0.15, 0.2) is 0 Å². The number of nitrogens with one attached hydrogen (secondary N) is 1. The number of carbonyl (C=O) groups is 1. The van der Waals surface area contributed by atoms with Crippen molar-refractivity contribution < 1.29 is 9.53 Å². The van der Waals surface area contributed by atoms with Crippen molar-refractivity contribution in [1.29, 1.82) is 0 Å². The van der Waals surface area contributed by atoms with Gasteiger partial charge in [0.05, 0.1) is 7.11 Å². The van der Waals surface area contributed by atoms with Crippen molar-refractivity contribution in [2.24, 2.45) is 0 Å². The van der Waals surface area contributed by atoms with Gasteiger partial charge in [0.1, 0.15) is 0 Å². The number of ether oxygens (including phenoxy) is 1. The standard InChI is InChI=1S/C7H15NO2/c1-6(8-2)4-5-7(9)10-3/h6,8H,4-5H2,1-3H3/t6-/m0/s1. The van der Waals surface area contributed by atoms with Gasteiger partial charge in [-0.3, -0.25) is 4.79 Å². The predicted molar refractivity (Wildman–Crippen MR) is 39.8 cm³/mol. The average Bonchev–Trinajstić information content (AvgIpc) is 1.99. The summed E-state index contributed by atoms with van der Waals surface area (Å²) in [5.41, 5.74) is 0. The molecule has 3 nitrogen and oxygen atoms in total. The van der Waals surface area contributed by atoms with Crippen molar-refractivity contribution >= 4 is 5.97 Å². The van der Waals surface area contributed by atoms with Gasteiger partial charge in [0.25, 0.3) is 0 Å². The lowest BCUT2D eigenvalue weighted by molar-refractivity contribution is -0.140. The van der Waals surface area contributed by atoms with Crippen LogP contribution in [0.4, 0.5) is 0 Å². The third kappa shape index (κ3) is 4.32. The summed E-state index contributed by atoms with van der Waals surface area (Å²) in [5, 5.41) is 3.04. The third-order valence-corrected chi connectivity index (χ3v) is 1.50. The maximum Gasteiger partial charge on any atom is 0.305 e. The molecule has 3 heteroatoms. The SMILES string of the molecule is CN[C@@H](C)CCC(=O)OC. The number of carbonyl (C=O) groups excluding carboxylic acids is 1. The molecule has 0 aromatic heterocycles. The highest BCUT2D eigenvalue weighted by atomic mass is 16.5. The molecule has 0 aliphatic carbocycles. The molecule has 0 amide bonds. The minimum atomic E-state index is -0.137. The minimum Gasteiger partial charge on any atom is -0.469 e. The zero-order chi connectivity index (χ0) is 7.98. The van der Waals surface area contributed by atoms with Crippen LogP contribution in [-0.4, -0.2) is 26.2 Å². The second-order valence-electron chi connectivity index (χ2n) is 2.30. The Morgan fingerprint density at radius 2 is 2.30 bits per heavy atom. The smallest absolute Gasteiger partial charge is 0.305 e. The zero-order valence-electron chi connectivity index (χ0n) is 6.81. The van der Waals surface area contributed by atoms with Crippen LogP contribution >= 0.6 is 0 Å². The van der Waals surface area contributed by atoms with Gasteiger partial charge in [-0.15, -0.1) is 0 Å². The lowest BCUT2D eigenvalue weighted by Gasteiger charge is -2.07. The molecule has 0 aromatic rings. The lowest BCUT2D eigenvalue weighted by atomic mass is 10.2. The van der Waals surface area contributed by atoms with Crippen molar-refractivity contribution in [2.75, 3.05) is 14.2 Å². The van der Waals surface area contributed by atoms with E-state index in [1.165, 1.54) is 7.11 Å². The summed E-state index contributed by atoms with van der Waals surface area (Å²) in [6.07, 6.45) is 1.34. The maximum absolute atomic E-state index is 10.6. The Morgan fingerprint density at radius 1 is 1.70 bits per heavy atom. The number of rotatable bonds is 4. The van der Waals surface area contributed by atoms with E-state index in [-0.39, 0.29) is 5.97 Å². The highest BCUT2D eigenvalue weighted by Crippen LogP contribution is 1.96. The van der Waals surface area contributed by atoms with Crippen LogP contribution in [0.2, 0.25) is 0 Å². The largest absolute Gasteiger partial charge is 0.469 e. The molecule has 0 spiro atoms. The Morgan fingerprint density at radius 3 is 2.70 bits per heavy atom. The summed E-state index contributed by atoms with van der Waals surface area (Å²) in [6.45, 7) is 2.03. The summed E-state index contributed by atoms with van der Waals surface area (Å²) in [4.78, 5) is 10.6. The van der Waals surface area contributed by atoms with Gasteiger partial charge in [-0.1, -0.05) is 0 Å². The highest BCUT2D eigenvalue weighted by Gasteiger charge is 2.03. The minimum absolute atomic E-state index is 0.137. The van der Waals surface area contributed by atoms with Gasteiger partial charge in [-0.25, -0.2) is 0 Å². The van der Waals surface area contributed by atoms with Gasteiger partial charge in [-0.2, -0.15) is 0 Å². The molecule has 10 heavy (non-hydrogen) atoms. The molecule has 0 unspecified atom stereocenters. The first-order chi connectivity index (χ1) is 4.70. The van der Waals surface area contributed by atoms with E-state index < -0.39 is 0 Å². The molecule has 0 saturated heterocycles. The monoisotopic (exact) mass is 145 g/mol. The van der Waals surface area contributed by atoms with E-state index in [0.29, 0.717) is 12.5 Å². The third-order valence-electron chi connectivity index (χ3n) is 1.50. The normalized spacial score (nSPS) is 12.7. The molecule has 1 N–H and O–H groups in total. The Bertz CT molecular complexity index is 104. The summed E-state index contributed by atoms with van der Waals surface area (Å²) in [7, 11) is 3.29. The molecule has 0 bridgehead atoms. The first kappa shape index (κ1) is 9.43. The molecule has 60 valence electrons. The van der Waals surface area contributed by atoms with Crippen LogP contribution in [0.1, 0.15) is 19.8 Å². The number of hydrogen-bond acceptors (Lipinski definition) is 3. The quantitative estimate of drug-likeness (QED) is 0.587. The van der Waals surface area contributed by atoms with Gasteiger partial charge in [-0.05, 0) is 20.4 Å². The van der Waals surface area contributed by atoms with Crippen molar-refractivity contribution in [3.05, 3.63) is 0 Å². The molecule has 0 fully saturated rings. The van der Waals surface area contributed by atoms with E-state index in [2.05, 4.69) is 10.1 Å². The van der Waals surface area contributed by atoms with Crippen molar-refractivity contribution in [3.63, 3.8) is 0 Å². The fourth-order valence-electron chi connectivity index (χ4n) is 0.581. The van der Waals surface area contributed by atoms with Crippen LogP contribution in [-0.2, 0) is 9.53 Å². The summed E-state index contributed by atoms with van der Waals surface area (Å²) in [5.74, 6) is -0.137. The average molecular weight is 145 g/mol. The molecule has 0 aliphatic heterocycles. The van der Waals surface area contributed by atoms with Crippen LogP contribution in [0.25, 0.3) is 0 Å². The molecule has 0 aromatic carbocycles. The van der Waals surface area contributed by atoms with Gasteiger partial charge < -0.3 is 10.1 Å². The van der Waals surface area contributed by atoms with E-state index in [1.807, 2.05) is 14.0 Å². The zero-order valence-corrected chi connectivity index (χ0v) is 6.81. The molecule has 0 radical (unpaired) electrons. The molecular formula is C7H15NO2.